The largest absolute Gasteiger partial charge is 0.533 e. The smallest absolute Gasteiger partial charge is 0.407 e. The zero-order chi connectivity index (χ0) is 23.4. The Bertz CT molecular complexity index is 847. The maximum absolute atomic E-state index is 11.7. The fourth-order valence-corrected chi connectivity index (χ4v) is 3.13. The molecule has 0 spiro atoms. The fraction of sp³-hybridized carbons (Fsp3) is 0.480. The first-order chi connectivity index (χ1) is 15.2. The molecule has 5 N–H and O–H groups in total. The van der Waals surface area contributed by atoms with Crippen LogP contribution in [0.1, 0.15) is 51.2 Å². The number of benzene rings is 2. The molecule has 0 bridgehead atoms. The number of hydrogen-bond donors (Lipinski definition) is 5. The van der Waals surface area contributed by atoms with Gasteiger partial charge >= 0.3 is 6.09 Å². The number of carbonyl (C=O) groups excluding carboxylic acids is 1. The number of alkyl carbamates (subject to hydrolysis) is 1. The van der Waals surface area contributed by atoms with Crippen molar-refractivity contribution < 1.29 is 85.2 Å². The minimum Gasteiger partial charge on any atom is -0.533 e. The first-order valence-electron chi connectivity index (χ1n) is 11.0. The zero-order valence-electron chi connectivity index (χ0n) is 20.4. The average molecular weight is 619 g/mol. The van der Waals surface area contributed by atoms with E-state index in [4.69, 9.17) is 4.74 Å². The monoisotopic (exact) mass is 619 g/mol. The molecule has 1 amide bonds. The second kappa shape index (κ2) is 17.8. The summed E-state index contributed by atoms with van der Waals surface area (Å²) in [7, 11) is 0. The molecule has 2 rings (SSSR count). The van der Waals surface area contributed by atoms with Gasteiger partial charge in [0.2, 0.25) is 0 Å². The van der Waals surface area contributed by atoms with E-state index >= 15 is 0 Å². The summed E-state index contributed by atoms with van der Waals surface area (Å²) >= 11 is 0. The Labute approximate surface area is 254 Å². The molecule has 9 heteroatoms. The summed E-state index contributed by atoms with van der Waals surface area (Å²) in [5.41, 5.74) is 1.08. The van der Waals surface area contributed by atoms with Gasteiger partial charge in [0.25, 0.3) is 0 Å². The van der Waals surface area contributed by atoms with Crippen molar-refractivity contribution in [2.24, 2.45) is 0 Å². The zero-order valence-corrected chi connectivity index (χ0v) is 26.0. The Balaban J connectivity index is 0.00000544. The Morgan fingerprint density at radius 1 is 1.00 bits per heavy atom. The topological polar surface area (TPSA) is 103 Å². The summed E-state index contributed by atoms with van der Waals surface area (Å²) in [6, 6.07) is 16.3. The van der Waals surface area contributed by atoms with E-state index in [1.165, 1.54) is 0 Å². The van der Waals surface area contributed by atoms with Gasteiger partial charge in [-0.25, -0.2) is 4.79 Å². The molecule has 34 heavy (non-hydrogen) atoms. The van der Waals surface area contributed by atoms with Crippen LogP contribution in [0.4, 0.5) is 4.79 Å². The van der Waals surface area contributed by atoms with E-state index in [9.17, 15) is 15.0 Å². The van der Waals surface area contributed by atoms with E-state index in [0.717, 1.165) is 30.4 Å². The van der Waals surface area contributed by atoms with E-state index in [-0.39, 0.29) is 83.0 Å². The second-order valence-corrected chi connectivity index (χ2v) is 8.74. The predicted octanol–water partition coefficient (Wildman–Crippen LogP) is 3.64. The molecular formula is C25H35N3O4Y2-2. The number of amides is 1. The van der Waals surface area contributed by atoms with E-state index in [1.807, 2.05) is 20.8 Å². The minimum atomic E-state index is -0.504. The molecule has 7 nitrogen and oxygen atoms in total. The van der Waals surface area contributed by atoms with E-state index in [0.29, 0.717) is 26.2 Å². The van der Waals surface area contributed by atoms with Crippen molar-refractivity contribution in [1.82, 2.24) is 16.0 Å². The average Bonchev–Trinajstić information content (AvgIpc) is 2.72. The summed E-state index contributed by atoms with van der Waals surface area (Å²) in [5.74, 6) is 0.494. The number of carbonyl (C=O) groups is 1. The van der Waals surface area contributed by atoms with Crippen LogP contribution < -0.4 is 16.0 Å². The molecule has 182 valence electrons. The van der Waals surface area contributed by atoms with Gasteiger partial charge in [-0.05, 0) is 46.7 Å². The Kier molecular flexibility index (Phi) is 17.5. The fourth-order valence-electron chi connectivity index (χ4n) is 3.13. The van der Waals surface area contributed by atoms with Crippen LogP contribution in [0.3, 0.4) is 0 Å². The number of phenols is 2. The molecule has 2 aromatic rings. The van der Waals surface area contributed by atoms with Crippen molar-refractivity contribution in [1.29, 1.82) is 0 Å². The molecule has 1 unspecified atom stereocenters. The quantitative estimate of drug-likeness (QED) is 0.184. The molecule has 0 saturated carbocycles. The van der Waals surface area contributed by atoms with Crippen LogP contribution in [0.2, 0.25) is 0 Å². The number of nitrogens with one attached hydrogen (secondary N) is 3. The number of hydrogen-bond acceptors (Lipinski definition) is 6. The van der Waals surface area contributed by atoms with Gasteiger partial charge in [-0.3, -0.25) is 0 Å². The summed E-state index contributed by atoms with van der Waals surface area (Å²) < 4.78 is 5.25. The normalized spacial score (nSPS) is 11.6. The van der Waals surface area contributed by atoms with Crippen LogP contribution in [0.25, 0.3) is 0 Å². The summed E-state index contributed by atoms with van der Waals surface area (Å²) in [4.78, 5) is 11.7. The first-order valence-corrected chi connectivity index (χ1v) is 11.0. The minimum absolute atomic E-state index is 0. The summed E-state index contributed by atoms with van der Waals surface area (Å²) in [6.07, 6.45) is 2.22. The van der Waals surface area contributed by atoms with Crippen LogP contribution in [0.5, 0.6) is 11.5 Å². The number of unbranched alkanes of at least 4 members (excludes halogenated alkanes) is 1. The maximum atomic E-state index is 11.7. The SMILES string of the molecule is CC(C)(C)OC(=O)NCCCCC(CNCc1c[c-]ccc1O)NCc1c[c-]ccc1O.[Y].[Y]. The number of phenolic OH excluding ortho intramolecular Hbond substituents is 2. The van der Waals surface area contributed by atoms with Crippen LogP contribution in [-0.2, 0) is 83.2 Å². The molecule has 0 aromatic heterocycles. The Hall–Kier alpha value is -0.562. The van der Waals surface area contributed by atoms with E-state index in [1.54, 1.807) is 36.4 Å². The van der Waals surface area contributed by atoms with E-state index < -0.39 is 11.7 Å². The van der Waals surface area contributed by atoms with Crippen LogP contribution in [0, 0.1) is 12.1 Å². The second-order valence-electron chi connectivity index (χ2n) is 8.74. The Morgan fingerprint density at radius 2 is 1.59 bits per heavy atom. The number of aromatic hydroxyl groups is 2. The van der Waals surface area contributed by atoms with Crippen LogP contribution in [0.15, 0.2) is 36.4 Å². The van der Waals surface area contributed by atoms with Gasteiger partial charge in [0.1, 0.15) is 5.60 Å². The predicted molar refractivity (Wildman–Crippen MR) is 124 cm³/mol. The Morgan fingerprint density at radius 3 is 2.15 bits per heavy atom. The molecule has 2 radical (unpaired) electrons. The number of rotatable bonds is 12. The van der Waals surface area contributed by atoms with E-state index in [2.05, 4.69) is 28.1 Å². The van der Waals surface area contributed by atoms with Crippen LogP contribution >= 0.6 is 0 Å². The molecular weight excluding hydrogens is 584 g/mol. The van der Waals surface area contributed by atoms with Crippen molar-refractivity contribution in [2.75, 3.05) is 13.1 Å². The molecule has 0 aliphatic rings. The van der Waals surface area contributed by atoms with Gasteiger partial charge in [-0.1, -0.05) is 6.42 Å². The molecule has 2 aromatic carbocycles. The van der Waals surface area contributed by atoms with Crippen LogP contribution in [-0.4, -0.2) is 41.0 Å². The summed E-state index contributed by atoms with van der Waals surface area (Å²) in [5, 5.41) is 29.6. The molecule has 0 heterocycles. The third-order valence-corrected chi connectivity index (χ3v) is 4.78. The van der Waals surface area contributed by atoms with Gasteiger partial charge in [0.15, 0.2) is 0 Å². The molecule has 0 aliphatic carbocycles. The third-order valence-electron chi connectivity index (χ3n) is 4.78. The van der Waals surface area contributed by atoms with Crippen molar-refractivity contribution in [3.63, 3.8) is 0 Å². The van der Waals surface area contributed by atoms with Crippen molar-refractivity contribution in [2.45, 2.75) is 64.8 Å². The van der Waals surface area contributed by atoms with Crippen molar-refractivity contribution >= 4 is 6.09 Å². The molecule has 0 saturated heterocycles. The molecule has 0 aliphatic heterocycles. The first kappa shape index (κ1) is 33.4. The third kappa shape index (κ3) is 14.1. The number of ether oxygens (including phenoxy) is 1. The van der Waals surface area contributed by atoms with Gasteiger partial charge in [0, 0.05) is 96.0 Å². The van der Waals surface area contributed by atoms with Gasteiger partial charge < -0.3 is 30.9 Å². The maximum Gasteiger partial charge on any atom is 0.407 e. The summed E-state index contributed by atoms with van der Waals surface area (Å²) in [6.45, 7) is 7.81. The molecule has 0 fully saturated rings. The molecule has 1 atom stereocenters. The standard InChI is InChI=1S/C25H35N3O4.2Y/c1-25(2,3)32-24(31)27-15-9-8-12-21(28-17-20-11-5-7-14-23(20)30)18-26-16-19-10-4-6-13-22(19)29;;/h6-7,10-11,13-14,21,26,28-30H,8-9,12,15-18H2,1-3H3,(H,27,31);;/q-2;;. The van der Waals surface area contributed by atoms with Gasteiger partial charge in [0.05, 0.1) is 0 Å². The van der Waals surface area contributed by atoms with Crippen molar-refractivity contribution in [3.8, 4) is 11.5 Å². The van der Waals surface area contributed by atoms with Gasteiger partial charge in [-0.2, -0.15) is 36.4 Å². The van der Waals surface area contributed by atoms with Gasteiger partial charge in [-0.15, -0.1) is 23.3 Å². The van der Waals surface area contributed by atoms with Crippen molar-refractivity contribution in [3.05, 3.63) is 59.7 Å².